The molecule has 152 valence electrons. The van der Waals surface area contributed by atoms with Gasteiger partial charge in [0.15, 0.2) is 0 Å². The van der Waals surface area contributed by atoms with Crippen molar-refractivity contribution in [2.24, 2.45) is 0 Å². The minimum atomic E-state index is -1.86. The Kier molecular flexibility index (Phi) is 7.32. The van der Waals surface area contributed by atoms with Crippen LogP contribution in [0.1, 0.15) is 11.1 Å². The van der Waals surface area contributed by atoms with Gasteiger partial charge in [0, 0.05) is 0 Å². The second-order valence-corrected chi connectivity index (χ2v) is 10.8. The molecule has 0 unspecified atom stereocenters. The number of rotatable bonds is 6. The Morgan fingerprint density at radius 2 is 1.07 bits per heavy atom. The summed E-state index contributed by atoms with van der Waals surface area (Å²) >= 11 is 0. The third-order valence-electron chi connectivity index (χ3n) is 5.47. The summed E-state index contributed by atoms with van der Waals surface area (Å²) in [7, 11) is -0.126. The fourth-order valence-corrected chi connectivity index (χ4v) is 8.31. The third-order valence-corrected chi connectivity index (χ3v) is 9.85. The van der Waals surface area contributed by atoms with Crippen LogP contribution in [0.3, 0.4) is 0 Å². The fraction of sp³-hybridized carbons (Fsp3) is 0.111. The Hall–Kier alpha value is -2.60. The first-order chi connectivity index (χ1) is 14.2. The number of hydrogen-bond acceptors (Lipinski definition) is 1. The molecule has 4 aromatic carbocycles. The van der Waals surface area contributed by atoms with Crippen LogP contribution in [0.25, 0.3) is 0 Å². The van der Waals surface area contributed by atoms with E-state index in [4.69, 9.17) is 4.74 Å². The Labute approximate surface area is 186 Å². The summed E-state index contributed by atoms with van der Waals surface area (Å²) in [5.41, 5.74) is 2.52. The van der Waals surface area contributed by atoms with Crippen LogP contribution in [0, 0.1) is 6.92 Å². The molecular formula is C27H26ClOP. The minimum Gasteiger partial charge on any atom is -1.00 e. The van der Waals surface area contributed by atoms with E-state index in [1.54, 1.807) is 7.11 Å². The van der Waals surface area contributed by atoms with Gasteiger partial charge in [-0.3, -0.25) is 0 Å². The molecular weight excluding hydrogens is 407 g/mol. The van der Waals surface area contributed by atoms with Gasteiger partial charge >= 0.3 is 0 Å². The zero-order chi connectivity index (χ0) is 20.1. The molecule has 4 rings (SSSR count). The summed E-state index contributed by atoms with van der Waals surface area (Å²) in [6, 6.07) is 39.7. The molecule has 0 amide bonds. The minimum absolute atomic E-state index is 0. The molecule has 0 saturated heterocycles. The van der Waals surface area contributed by atoms with E-state index in [0.717, 1.165) is 11.9 Å². The zero-order valence-electron chi connectivity index (χ0n) is 17.3. The average molecular weight is 433 g/mol. The summed E-state index contributed by atoms with van der Waals surface area (Å²) in [5.74, 6) is 0.941. The Morgan fingerprint density at radius 3 is 1.43 bits per heavy atom. The quantitative estimate of drug-likeness (QED) is 0.425. The molecule has 0 N–H and O–H groups in total. The maximum atomic E-state index is 5.49. The van der Waals surface area contributed by atoms with Gasteiger partial charge in [-0.1, -0.05) is 60.7 Å². The predicted molar refractivity (Wildman–Crippen MR) is 127 cm³/mol. The summed E-state index contributed by atoms with van der Waals surface area (Å²) in [4.78, 5) is 0. The van der Waals surface area contributed by atoms with Crippen LogP contribution in [0.2, 0.25) is 0 Å². The predicted octanol–water partition coefficient (Wildman–Crippen LogP) is 2.50. The van der Waals surface area contributed by atoms with Gasteiger partial charge in [-0.2, -0.15) is 0 Å². The Balaban J connectivity index is 0.00000256. The van der Waals surface area contributed by atoms with E-state index in [9.17, 15) is 0 Å². The van der Waals surface area contributed by atoms with Crippen molar-refractivity contribution in [3.63, 3.8) is 0 Å². The topological polar surface area (TPSA) is 9.23 Å². The van der Waals surface area contributed by atoms with Crippen molar-refractivity contribution in [2.45, 2.75) is 13.1 Å². The molecule has 0 radical (unpaired) electrons. The van der Waals surface area contributed by atoms with Crippen molar-refractivity contribution < 1.29 is 17.1 Å². The lowest BCUT2D eigenvalue weighted by molar-refractivity contribution is -0.00000602. The maximum absolute atomic E-state index is 5.49. The van der Waals surface area contributed by atoms with E-state index in [0.29, 0.717) is 0 Å². The van der Waals surface area contributed by atoms with E-state index in [1.165, 1.54) is 27.0 Å². The van der Waals surface area contributed by atoms with Gasteiger partial charge in [0.2, 0.25) is 0 Å². The van der Waals surface area contributed by atoms with Crippen molar-refractivity contribution >= 4 is 23.2 Å². The zero-order valence-corrected chi connectivity index (χ0v) is 19.0. The standard InChI is InChI=1S/C27H26OP.ClH/c1-22-20-23(18-19-27(22)28-2)21-29(24-12-6-3-7-13-24,25-14-8-4-9-15-25)26-16-10-5-11-17-26;/h3-20H,21H2,1-2H3;1H/q+1;/p-1. The van der Waals surface area contributed by atoms with Crippen molar-refractivity contribution in [2.75, 3.05) is 7.11 Å². The van der Waals surface area contributed by atoms with Gasteiger partial charge in [0.25, 0.3) is 0 Å². The lowest BCUT2D eigenvalue weighted by Gasteiger charge is -2.28. The third kappa shape index (κ3) is 4.29. The van der Waals surface area contributed by atoms with E-state index in [1.807, 2.05) is 0 Å². The highest BCUT2D eigenvalue weighted by atomic mass is 35.5. The number of ether oxygens (including phenoxy) is 1. The van der Waals surface area contributed by atoms with Crippen molar-refractivity contribution in [3.8, 4) is 5.75 Å². The van der Waals surface area contributed by atoms with Gasteiger partial charge in [-0.05, 0) is 66.6 Å². The smallest absolute Gasteiger partial charge is 0.121 e. The van der Waals surface area contributed by atoms with E-state index < -0.39 is 7.26 Å². The summed E-state index contributed by atoms with van der Waals surface area (Å²) in [5, 5.41) is 4.22. The first-order valence-electron chi connectivity index (χ1n) is 9.92. The largest absolute Gasteiger partial charge is 1.00 e. The molecule has 0 aliphatic carbocycles. The molecule has 30 heavy (non-hydrogen) atoms. The normalized spacial score (nSPS) is 10.9. The number of aryl methyl sites for hydroxylation is 1. The molecule has 0 fully saturated rings. The second kappa shape index (κ2) is 9.94. The molecule has 4 aromatic rings. The molecule has 0 aliphatic heterocycles. The van der Waals surface area contributed by atoms with Crippen molar-refractivity contribution in [1.29, 1.82) is 0 Å². The van der Waals surface area contributed by atoms with Crippen LogP contribution >= 0.6 is 7.26 Å². The molecule has 0 spiro atoms. The maximum Gasteiger partial charge on any atom is 0.121 e. The summed E-state index contributed by atoms with van der Waals surface area (Å²) in [6.45, 7) is 2.12. The second-order valence-electron chi connectivity index (χ2n) is 7.28. The molecule has 3 heteroatoms. The molecule has 0 saturated carbocycles. The van der Waals surface area contributed by atoms with E-state index in [-0.39, 0.29) is 12.4 Å². The van der Waals surface area contributed by atoms with Gasteiger partial charge in [-0.15, -0.1) is 0 Å². The van der Waals surface area contributed by atoms with E-state index >= 15 is 0 Å². The van der Waals surface area contributed by atoms with Crippen LogP contribution in [0.15, 0.2) is 109 Å². The Morgan fingerprint density at radius 1 is 0.633 bits per heavy atom. The molecule has 0 aromatic heterocycles. The summed E-state index contributed by atoms with van der Waals surface area (Å²) in [6.07, 6.45) is 0.982. The molecule has 0 aliphatic rings. The SMILES string of the molecule is COc1ccc(C[P+](c2ccccc2)(c2ccccc2)c2ccccc2)cc1C.[Cl-]. The molecule has 0 atom stereocenters. The molecule has 0 bridgehead atoms. The Bertz CT molecular complexity index is 969. The fourth-order valence-electron chi connectivity index (χ4n) is 4.08. The lowest BCUT2D eigenvalue weighted by atomic mass is 10.1. The van der Waals surface area contributed by atoms with Crippen LogP contribution < -0.4 is 33.1 Å². The monoisotopic (exact) mass is 432 g/mol. The first kappa shape index (κ1) is 22.1. The molecule has 0 heterocycles. The van der Waals surface area contributed by atoms with Crippen molar-refractivity contribution in [1.82, 2.24) is 0 Å². The summed E-state index contributed by atoms with van der Waals surface area (Å²) < 4.78 is 5.49. The number of methoxy groups -OCH3 is 1. The van der Waals surface area contributed by atoms with Gasteiger partial charge < -0.3 is 17.1 Å². The highest BCUT2D eigenvalue weighted by Crippen LogP contribution is 2.58. The highest BCUT2D eigenvalue weighted by molar-refractivity contribution is 7.95. The van der Waals surface area contributed by atoms with E-state index in [2.05, 4.69) is 116 Å². The van der Waals surface area contributed by atoms with Gasteiger partial charge in [-0.25, -0.2) is 0 Å². The van der Waals surface area contributed by atoms with Gasteiger partial charge in [0.1, 0.15) is 28.9 Å². The first-order valence-corrected chi connectivity index (χ1v) is 11.9. The van der Waals surface area contributed by atoms with Crippen LogP contribution in [-0.2, 0) is 6.16 Å². The number of halogens is 1. The van der Waals surface area contributed by atoms with Crippen molar-refractivity contribution in [3.05, 3.63) is 120 Å². The van der Waals surface area contributed by atoms with Gasteiger partial charge in [0.05, 0.1) is 13.3 Å². The van der Waals surface area contributed by atoms with Crippen LogP contribution in [0.5, 0.6) is 5.75 Å². The van der Waals surface area contributed by atoms with Crippen LogP contribution in [0.4, 0.5) is 0 Å². The lowest BCUT2D eigenvalue weighted by Crippen LogP contribution is -3.00. The van der Waals surface area contributed by atoms with Crippen LogP contribution in [-0.4, -0.2) is 7.11 Å². The number of benzene rings is 4. The highest BCUT2D eigenvalue weighted by Gasteiger charge is 2.45. The average Bonchev–Trinajstić information content (AvgIpc) is 2.79. The molecule has 1 nitrogen and oxygen atoms in total. The number of hydrogen-bond donors (Lipinski definition) is 0.